The average Bonchev–Trinajstić information content (AvgIpc) is 2.35. The van der Waals surface area contributed by atoms with Gasteiger partial charge in [-0.15, -0.1) is 0 Å². The second-order valence-electron chi connectivity index (χ2n) is 4.08. The van der Waals surface area contributed by atoms with Gasteiger partial charge in [0.15, 0.2) is 0 Å². The standard InChI is InChI=1S/C13H17N3S/c1-9(17-2)8-15-13-6-3-10-7-11(14)4-5-12(10)16-13/h3-7,9H,8,14H2,1-2H3,(H,15,16). The number of hydrogen-bond acceptors (Lipinski definition) is 4. The van der Waals surface area contributed by atoms with E-state index in [1.165, 1.54) is 0 Å². The normalized spacial score (nSPS) is 12.6. The Hall–Kier alpha value is -1.42. The van der Waals surface area contributed by atoms with Crippen molar-refractivity contribution in [1.29, 1.82) is 0 Å². The van der Waals surface area contributed by atoms with Crippen molar-refractivity contribution in [3.8, 4) is 0 Å². The third-order valence-electron chi connectivity index (χ3n) is 2.69. The molecule has 1 aromatic carbocycles. The minimum Gasteiger partial charge on any atom is -0.399 e. The van der Waals surface area contributed by atoms with Crippen molar-refractivity contribution in [2.75, 3.05) is 23.9 Å². The lowest BCUT2D eigenvalue weighted by molar-refractivity contribution is 0.994. The molecule has 0 saturated carbocycles. The second kappa shape index (κ2) is 5.27. The first-order valence-electron chi connectivity index (χ1n) is 5.62. The van der Waals surface area contributed by atoms with Crippen LogP contribution in [0.25, 0.3) is 10.9 Å². The van der Waals surface area contributed by atoms with Gasteiger partial charge in [0.2, 0.25) is 0 Å². The van der Waals surface area contributed by atoms with E-state index < -0.39 is 0 Å². The van der Waals surface area contributed by atoms with Crippen LogP contribution in [0.5, 0.6) is 0 Å². The Bertz CT molecular complexity index is 513. The molecule has 1 aromatic heterocycles. The maximum absolute atomic E-state index is 5.73. The summed E-state index contributed by atoms with van der Waals surface area (Å²) in [5.74, 6) is 0.920. The van der Waals surface area contributed by atoms with E-state index in [0.717, 1.165) is 29.0 Å². The molecule has 0 radical (unpaired) electrons. The van der Waals surface area contributed by atoms with Crippen LogP contribution in [-0.4, -0.2) is 23.0 Å². The number of thioether (sulfide) groups is 1. The second-order valence-corrected chi connectivity index (χ2v) is 5.35. The lowest BCUT2D eigenvalue weighted by Gasteiger charge is -2.10. The van der Waals surface area contributed by atoms with Crippen LogP contribution in [0, 0.1) is 0 Å². The van der Waals surface area contributed by atoms with Crippen LogP contribution in [0.4, 0.5) is 11.5 Å². The van der Waals surface area contributed by atoms with E-state index >= 15 is 0 Å². The maximum Gasteiger partial charge on any atom is 0.126 e. The van der Waals surface area contributed by atoms with Gasteiger partial charge in [0, 0.05) is 22.9 Å². The summed E-state index contributed by atoms with van der Waals surface area (Å²) in [5, 5.41) is 5.00. The van der Waals surface area contributed by atoms with Gasteiger partial charge < -0.3 is 11.1 Å². The van der Waals surface area contributed by atoms with Crippen molar-refractivity contribution in [2.24, 2.45) is 0 Å². The predicted molar refractivity (Wildman–Crippen MR) is 77.6 cm³/mol. The van der Waals surface area contributed by atoms with Crippen molar-refractivity contribution < 1.29 is 0 Å². The highest BCUT2D eigenvalue weighted by Crippen LogP contribution is 2.18. The van der Waals surface area contributed by atoms with E-state index in [1.807, 2.05) is 42.1 Å². The number of rotatable bonds is 4. The molecule has 90 valence electrons. The lowest BCUT2D eigenvalue weighted by Crippen LogP contribution is -2.13. The fourth-order valence-electron chi connectivity index (χ4n) is 1.57. The summed E-state index contributed by atoms with van der Waals surface area (Å²) in [7, 11) is 0. The Balaban J connectivity index is 2.17. The number of anilines is 2. The molecule has 0 aliphatic carbocycles. The molecular weight excluding hydrogens is 230 g/mol. The molecule has 2 rings (SSSR count). The van der Waals surface area contributed by atoms with Crippen LogP contribution in [-0.2, 0) is 0 Å². The molecule has 0 amide bonds. The summed E-state index contributed by atoms with van der Waals surface area (Å²) in [6, 6.07) is 9.81. The molecule has 4 heteroatoms. The van der Waals surface area contributed by atoms with Gasteiger partial charge in [-0.3, -0.25) is 0 Å². The minimum absolute atomic E-state index is 0.582. The Labute approximate surface area is 106 Å². The van der Waals surface area contributed by atoms with Gasteiger partial charge in [-0.25, -0.2) is 4.98 Å². The number of aromatic nitrogens is 1. The fourth-order valence-corrected chi connectivity index (χ4v) is 1.82. The number of nitrogens with zero attached hydrogens (tertiary/aromatic N) is 1. The number of nitrogen functional groups attached to an aromatic ring is 1. The van der Waals surface area contributed by atoms with Gasteiger partial charge in [-0.05, 0) is 36.6 Å². The zero-order chi connectivity index (χ0) is 12.3. The summed E-state index contributed by atoms with van der Waals surface area (Å²) in [6.07, 6.45) is 2.11. The van der Waals surface area contributed by atoms with E-state index in [1.54, 1.807) is 0 Å². The first-order chi connectivity index (χ1) is 8.19. The van der Waals surface area contributed by atoms with Crippen molar-refractivity contribution in [3.63, 3.8) is 0 Å². The number of hydrogen-bond donors (Lipinski definition) is 2. The first kappa shape index (κ1) is 12.0. The van der Waals surface area contributed by atoms with Gasteiger partial charge in [-0.1, -0.05) is 6.92 Å². The molecule has 0 aliphatic rings. The topological polar surface area (TPSA) is 50.9 Å². The van der Waals surface area contributed by atoms with Crippen LogP contribution in [0.1, 0.15) is 6.92 Å². The highest BCUT2D eigenvalue weighted by Gasteiger charge is 2.01. The van der Waals surface area contributed by atoms with Crippen LogP contribution in [0.2, 0.25) is 0 Å². The van der Waals surface area contributed by atoms with Crippen LogP contribution in [0.15, 0.2) is 30.3 Å². The van der Waals surface area contributed by atoms with Crippen LogP contribution >= 0.6 is 11.8 Å². The fraction of sp³-hybridized carbons (Fsp3) is 0.308. The Kier molecular flexibility index (Phi) is 3.74. The summed E-state index contributed by atoms with van der Waals surface area (Å²) in [4.78, 5) is 4.55. The van der Waals surface area contributed by atoms with Crippen molar-refractivity contribution in [1.82, 2.24) is 4.98 Å². The van der Waals surface area contributed by atoms with Crippen molar-refractivity contribution >= 4 is 34.2 Å². The molecule has 0 bridgehead atoms. The Morgan fingerprint density at radius 1 is 1.35 bits per heavy atom. The molecule has 0 spiro atoms. The quantitative estimate of drug-likeness (QED) is 0.816. The molecule has 1 heterocycles. The molecule has 3 nitrogen and oxygen atoms in total. The SMILES string of the molecule is CSC(C)CNc1ccc2cc(N)ccc2n1. The summed E-state index contributed by atoms with van der Waals surface area (Å²) < 4.78 is 0. The first-order valence-corrected chi connectivity index (χ1v) is 6.91. The third kappa shape index (κ3) is 3.03. The van der Waals surface area contributed by atoms with Gasteiger partial charge in [-0.2, -0.15) is 11.8 Å². The number of nitrogens with one attached hydrogen (secondary N) is 1. The van der Waals surface area contributed by atoms with Gasteiger partial charge in [0.25, 0.3) is 0 Å². The largest absolute Gasteiger partial charge is 0.399 e. The molecule has 0 fully saturated rings. The third-order valence-corrected chi connectivity index (χ3v) is 3.66. The molecule has 3 N–H and O–H groups in total. The Morgan fingerprint density at radius 3 is 2.94 bits per heavy atom. The monoisotopic (exact) mass is 247 g/mol. The maximum atomic E-state index is 5.73. The van der Waals surface area contributed by atoms with E-state index in [-0.39, 0.29) is 0 Å². The van der Waals surface area contributed by atoms with E-state index in [4.69, 9.17) is 5.73 Å². The number of fused-ring (bicyclic) bond motifs is 1. The summed E-state index contributed by atoms with van der Waals surface area (Å²) in [5.41, 5.74) is 7.48. The van der Waals surface area contributed by atoms with Crippen molar-refractivity contribution in [3.05, 3.63) is 30.3 Å². The number of nitrogens with two attached hydrogens (primary N) is 1. The molecule has 0 saturated heterocycles. The molecule has 17 heavy (non-hydrogen) atoms. The lowest BCUT2D eigenvalue weighted by atomic mass is 10.2. The molecule has 1 unspecified atom stereocenters. The van der Waals surface area contributed by atoms with Crippen LogP contribution < -0.4 is 11.1 Å². The Morgan fingerprint density at radius 2 is 2.18 bits per heavy atom. The highest BCUT2D eigenvalue weighted by atomic mass is 32.2. The molecular formula is C13H17N3S. The zero-order valence-corrected chi connectivity index (χ0v) is 10.9. The highest BCUT2D eigenvalue weighted by molar-refractivity contribution is 7.99. The minimum atomic E-state index is 0.582. The number of benzene rings is 1. The average molecular weight is 247 g/mol. The van der Waals surface area contributed by atoms with E-state index in [9.17, 15) is 0 Å². The van der Waals surface area contributed by atoms with Gasteiger partial charge in [0.05, 0.1) is 5.52 Å². The molecule has 0 aliphatic heterocycles. The van der Waals surface area contributed by atoms with E-state index in [0.29, 0.717) is 5.25 Å². The van der Waals surface area contributed by atoms with E-state index in [2.05, 4.69) is 23.5 Å². The smallest absolute Gasteiger partial charge is 0.126 e. The molecule has 1 atom stereocenters. The summed E-state index contributed by atoms with van der Waals surface area (Å²) in [6.45, 7) is 3.12. The molecule has 2 aromatic rings. The van der Waals surface area contributed by atoms with Crippen molar-refractivity contribution in [2.45, 2.75) is 12.2 Å². The number of pyridine rings is 1. The zero-order valence-electron chi connectivity index (χ0n) is 10.1. The predicted octanol–water partition coefficient (Wildman–Crippen LogP) is 2.98. The summed E-state index contributed by atoms with van der Waals surface area (Å²) >= 11 is 1.84. The van der Waals surface area contributed by atoms with Gasteiger partial charge in [0.1, 0.15) is 5.82 Å². The van der Waals surface area contributed by atoms with Crippen LogP contribution in [0.3, 0.4) is 0 Å². The van der Waals surface area contributed by atoms with Gasteiger partial charge >= 0.3 is 0 Å².